The number of rotatable bonds is 5. The molecule has 0 atom stereocenters. The molecule has 1 amide bonds. The van der Waals surface area contributed by atoms with Crippen molar-refractivity contribution in [2.75, 3.05) is 32.1 Å². The molecule has 0 bridgehead atoms. The molecular weight excluding hydrogens is 350 g/mol. The minimum absolute atomic E-state index is 0.0936. The molecule has 26 heavy (non-hydrogen) atoms. The lowest BCUT2D eigenvalue weighted by Gasteiger charge is -2.26. The van der Waals surface area contributed by atoms with Crippen LogP contribution in [0.4, 0.5) is 0 Å². The number of hydrogen-bond donors (Lipinski definition) is 0. The fraction of sp³-hybridized carbons (Fsp3) is 0.444. The summed E-state index contributed by atoms with van der Waals surface area (Å²) in [7, 11) is 0. The second kappa shape index (κ2) is 7.59. The van der Waals surface area contributed by atoms with Gasteiger partial charge in [0.1, 0.15) is 5.52 Å². The zero-order valence-electron chi connectivity index (χ0n) is 14.7. The second-order valence-corrected chi connectivity index (χ2v) is 7.16. The zero-order chi connectivity index (χ0) is 17.9. The van der Waals surface area contributed by atoms with E-state index in [1.54, 1.807) is 0 Å². The van der Waals surface area contributed by atoms with Gasteiger partial charge in [-0.2, -0.15) is 0 Å². The first-order valence-electron chi connectivity index (χ1n) is 8.88. The summed E-state index contributed by atoms with van der Waals surface area (Å²) in [6, 6.07) is 8.17. The minimum atomic E-state index is 0.0936. The van der Waals surface area contributed by atoms with Crippen molar-refractivity contribution in [2.45, 2.75) is 25.0 Å². The van der Waals surface area contributed by atoms with Crippen LogP contribution in [-0.4, -0.2) is 62.6 Å². The Balaban J connectivity index is 1.59. The molecule has 0 unspecified atom stereocenters. The van der Waals surface area contributed by atoms with Crippen LogP contribution in [0.15, 0.2) is 29.4 Å². The molecular formula is C18H21N5O2S. The summed E-state index contributed by atoms with van der Waals surface area (Å²) in [6.07, 6.45) is 1.01. The molecule has 3 heterocycles. The number of nitrogens with zero attached hydrogens (tertiary/aromatic N) is 5. The lowest BCUT2D eigenvalue weighted by molar-refractivity contribution is -0.132. The highest BCUT2D eigenvalue weighted by atomic mass is 32.2. The zero-order valence-corrected chi connectivity index (χ0v) is 15.5. The van der Waals surface area contributed by atoms with Crippen molar-refractivity contribution in [1.82, 2.24) is 24.6 Å². The third kappa shape index (κ3) is 3.26. The van der Waals surface area contributed by atoms with Crippen molar-refractivity contribution in [3.05, 3.63) is 24.3 Å². The van der Waals surface area contributed by atoms with E-state index in [9.17, 15) is 4.79 Å². The van der Waals surface area contributed by atoms with E-state index in [4.69, 9.17) is 9.72 Å². The molecule has 8 heteroatoms. The first-order valence-corrected chi connectivity index (χ1v) is 9.86. The molecule has 1 fully saturated rings. The number of hydrogen-bond acceptors (Lipinski definition) is 6. The van der Waals surface area contributed by atoms with Gasteiger partial charge in [0, 0.05) is 25.0 Å². The summed E-state index contributed by atoms with van der Waals surface area (Å²) in [5, 5.41) is 10.3. The first-order chi connectivity index (χ1) is 12.8. The Morgan fingerprint density at radius 3 is 2.85 bits per heavy atom. The maximum Gasteiger partial charge on any atom is 0.233 e. The van der Waals surface area contributed by atoms with Crippen molar-refractivity contribution in [3.8, 4) is 0 Å². The number of carbonyl (C=O) groups excluding carboxylic acids is 1. The van der Waals surface area contributed by atoms with Crippen LogP contribution in [0.3, 0.4) is 0 Å². The van der Waals surface area contributed by atoms with Crippen molar-refractivity contribution >= 4 is 39.7 Å². The number of amides is 1. The molecule has 3 aromatic rings. The molecule has 1 saturated heterocycles. The van der Waals surface area contributed by atoms with E-state index in [0.717, 1.165) is 35.0 Å². The van der Waals surface area contributed by atoms with E-state index in [2.05, 4.69) is 33.8 Å². The van der Waals surface area contributed by atoms with Crippen LogP contribution in [0, 0.1) is 0 Å². The Labute approximate surface area is 155 Å². The number of para-hydroxylation sites is 1. The molecule has 0 N–H and O–H groups in total. The number of morpholine rings is 1. The van der Waals surface area contributed by atoms with Gasteiger partial charge in [-0.3, -0.25) is 4.79 Å². The second-order valence-electron chi connectivity index (χ2n) is 6.22. The average molecular weight is 371 g/mol. The van der Waals surface area contributed by atoms with E-state index < -0.39 is 0 Å². The maximum atomic E-state index is 12.3. The lowest BCUT2D eigenvalue weighted by Crippen LogP contribution is -2.41. The van der Waals surface area contributed by atoms with E-state index in [-0.39, 0.29) is 5.91 Å². The molecule has 0 aliphatic carbocycles. The Bertz CT molecular complexity index is 936. The number of fused-ring (bicyclic) bond motifs is 3. The number of ether oxygens (including phenoxy) is 1. The quantitative estimate of drug-likeness (QED) is 0.641. The normalized spacial score (nSPS) is 15.0. The number of benzene rings is 1. The van der Waals surface area contributed by atoms with Gasteiger partial charge in [0.05, 0.1) is 24.5 Å². The Kier molecular flexibility index (Phi) is 5.03. The molecule has 7 nitrogen and oxygen atoms in total. The highest BCUT2D eigenvalue weighted by Crippen LogP contribution is 2.27. The van der Waals surface area contributed by atoms with Crippen LogP contribution < -0.4 is 0 Å². The number of aromatic nitrogens is 4. The van der Waals surface area contributed by atoms with Crippen LogP contribution in [0.25, 0.3) is 22.1 Å². The van der Waals surface area contributed by atoms with Gasteiger partial charge in [-0.25, -0.2) is 4.98 Å². The summed E-state index contributed by atoms with van der Waals surface area (Å²) in [4.78, 5) is 18.8. The third-order valence-corrected chi connectivity index (χ3v) is 5.31. The highest BCUT2D eigenvalue weighted by Gasteiger charge is 2.18. The van der Waals surface area contributed by atoms with Gasteiger partial charge < -0.3 is 14.2 Å². The average Bonchev–Trinajstić information content (AvgIpc) is 3.00. The molecule has 0 spiro atoms. The van der Waals surface area contributed by atoms with Crippen LogP contribution in [0.5, 0.6) is 0 Å². The maximum absolute atomic E-state index is 12.3. The third-order valence-electron chi connectivity index (χ3n) is 4.49. The molecule has 136 valence electrons. The summed E-state index contributed by atoms with van der Waals surface area (Å²) < 4.78 is 7.48. The minimum Gasteiger partial charge on any atom is -0.378 e. The Morgan fingerprint density at radius 1 is 1.23 bits per heavy atom. The predicted molar refractivity (Wildman–Crippen MR) is 101 cm³/mol. The van der Waals surface area contributed by atoms with Crippen molar-refractivity contribution < 1.29 is 9.53 Å². The summed E-state index contributed by atoms with van der Waals surface area (Å²) >= 11 is 1.34. The summed E-state index contributed by atoms with van der Waals surface area (Å²) in [6.45, 7) is 5.55. The van der Waals surface area contributed by atoms with Gasteiger partial charge in [0.2, 0.25) is 11.1 Å². The van der Waals surface area contributed by atoms with Gasteiger partial charge in [0.25, 0.3) is 0 Å². The van der Waals surface area contributed by atoms with E-state index in [1.165, 1.54) is 11.8 Å². The number of carbonyl (C=O) groups is 1. The van der Waals surface area contributed by atoms with Crippen LogP contribution in [0.1, 0.15) is 13.3 Å². The largest absolute Gasteiger partial charge is 0.378 e. The molecule has 0 saturated carbocycles. The fourth-order valence-corrected chi connectivity index (χ4v) is 3.92. The van der Waals surface area contributed by atoms with Gasteiger partial charge in [-0.1, -0.05) is 36.9 Å². The van der Waals surface area contributed by atoms with Crippen LogP contribution >= 0.6 is 11.8 Å². The summed E-state index contributed by atoms with van der Waals surface area (Å²) in [5.41, 5.74) is 2.78. The lowest BCUT2D eigenvalue weighted by atomic mass is 10.2. The van der Waals surface area contributed by atoms with E-state index in [0.29, 0.717) is 37.2 Å². The summed E-state index contributed by atoms with van der Waals surface area (Å²) in [5.74, 6) is 0.414. The Hall–Kier alpha value is -2.19. The molecule has 0 radical (unpaired) electrons. The highest BCUT2D eigenvalue weighted by molar-refractivity contribution is 7.99. The van der Waals surface area contributed by atoms with Gasteiger partial charge in [-0.15, -0.1) is 10.2 Å². The molecule has 2 aromatic heterocycles. The van der Waals surface area contributed by atoms with E-state index in [1.807, 2.05) is 17.0 Å². The molecule has 1 aliphatic rings. The SMILES string of the molecule is CCCn1c2ccccc2c2nnc(SCC(=O)N3CCOCC3)nc21. The van der Waals surface area contributed by atoms with Crippen molar-refractivity contribution in [2.24, 2.45) is 0 Å². The molecule has 4 rings (SSSR count). The number of thioether (sulfide) groups is 1. The number of aryl methyl sites for hydroxylation is 1. The topological polar surface area (TPSA) is 73.1 Å². The molecule has 1 aromatic carbocycles. The monoisotopic (exact) mass is 371 g/mol. The first kappa shape index (κ1) is 17.2. The van der Waals surface area contributed by atoms with E-state index >= 15 is 0 Å². The van der Waals surface area contributed by atoms with Gasteiger partial charge in [0.15, 0.2) is 5.65 Å². The fourth-order valence-electron chi connectivity index (χ4n) is 3.23. The van der Waals surface area contributed by atoms with Crippen molar-refractivity contribution in [1.29, 1.82) is 0 Å². The smallest absolute Gasteiger partial charge is 0.233 e. The Morgan fingerprint density at radius 2 is 2.04 bits per heavy atom. The van der Waals surface area contributed by atoms with Gasteiger partial charge in [-0.05, 0) is 12.5 Å². The van der Waals surface area contributed by atoms with Crippen LogP contribution in [-0.2, 0) is 16.1 Å². The van der Waals surface area contributed by atoms with Crippen LogP contribution in [0.2, 0.25) is 0 Å². The van der Waals surface area contributed by atoms with Crippen molar-refractivity contribution in [3.63, 3.8) is 0 Å². The van der Waals surface area contributed by atoms with Gasteiger partial charge >= 0.3 is 0 Å². The standard InChI is InChI=1S/C18H21N5O2S/c1-2-7-23-14-6-4-3-5-13(14)16-17(23)19-18(21-20-16)26-12-15(24)22-8-10-25-11-9-22/h3-6H,2,7-12H2,1H3. The predicted octanol–water partition coefficient (Wildman–Crippen LogP) is 2.34. The molecule has 1 aliphatic heterocycles.